The standard InChI is InChI=1S/C10H11F3N2O/c11-10(12,13)7-1-4-15-9(5-7)16-8-2-3-14-6-8/h1,4-5,8,14H,2-3,6H2. The minimum atomic E-state index is -4.35. The minimum absolute atomic E-state index is 0.0310. The van der Waals surface area contributed by atoms with Crippen molar-refractivity contribution in [3.8, 4) is 5.88 Å². The van der Waals surface area contributed by atoms with Gasteiger partial charge in [-0.15, -0.1) is 0 Å². The summed E-state index contributed by atoms with van der Waals surface area (Å²) in [5, 5.41) is 3.06. The van der Waals surface area contributed by atoms with E-state index in [9.17, 15) is 13.2 Å². The van der Waals surface area contributed by atoms with Crippen LogP contribution < -0.4 is 10.1 Å². The van der Waals surface area contributed by atoms with Crippen molar-refractivity contribution in [3.05, 3.63) is 23.9 Å². The van der Waals surface area contributed by atoms with Crippen LogP contribution in [0.1, 0.15) is 12.0 Å². The molecule has 2 rings (SSSR count). The molecular formula is C10H11F3N2O. The van der Waals surface area contributed by atoms with Crippen molar-refractivity contribution in [1.82, 2.24) is 10.3 Å². The highest BCUT2D eigenvalue weighted by Crippen LogP contribution is 2.30. The van der Waals surface area contributed by atoms with Gasteiger partial charge in [-0.1, -0.05) is 0 Å². The molecule has 0 amide bonds. The normalized spacial score (nSPS) is 21.1. The summed E-state index contributed by atoms with van der Waals surface area (Å²) in [6.07, 6.45) is -2.54. The maximum absolute atomic E-state index is 12.4. The minimum Gasteiger partial charge on any atom is -0.473 e. The average Bonchev–Trinajstić information content (AvgIpc) is 2.70. The molecule has 1 fully saturated rings. The van der Waals surface area contributed by atoms with Crippen molar-refractivity contribution in [3.63, 3.8) is 0 Å². The number of hydrogen-bond acceptors (Lipinski definition) is 3. The molecule has 1 unspecified atom stereocenters. The van der Waals surface area contributed by atoms with Crippen molar-refractivity contribution in [2.24, 2.45) is 0 Å². The summed E-state index contributed by atoms with van der Waals surface area (Å²) in [6, 6.07) is 1.86. The maximum atomic E-state index is 12.4. The molecule has 1 aliphatic rings. The zero-order chi connectivity index (χ0) is 11.6. The smallest absolute Gasteiger partial charge is 0.416 e. The van der Waals surface area contributed by atoms with Crippen molar-refractivity contribution in [2.45, 2.75) is 18.7 Å². The van der Waals surface area contributed by atoms with Crippen LogP contribution >= 0.6 is 0 Å². The summed E-state index contributed by atoms with van der Waals surface area (Å²) >= 11 is 0. The first-order valence-electron chi connectivity index (χ1n) is 4.96. The number of rotatable bonds is 2. The molecule has 0 spiro atoms. The van der Waals surface area contributed by atoms with Gasteiger partial charge in [0.05, 0.1) is 5.56 Å². The summed E-state index contributed by atoms with van der Waals surface area (Å²) in [5.74, 6) is 0.0310. The second-order valence-electron chi connectivity index (χ2n) is 3.61. The highest BCUT2D eigenvalue weighted by molar-refractivity contribution is 5.23. The van der Waals surface area contributed by atoms with Gasteiger partial charge in [0.2, 0.25) is 5.88 Å². The van der Waals surface area contributed by atoms with Crippen LogP contribution in [0.3, 0.4) is 0 Å². The van der Waals surface area contributed by atoms with Gasteiger partial charge in [0.15, 0.2) is 0 Å². The molecule has 1 N–H and O–H groups in total. The van der Waals surface area contributed by atoms with Crippen molar-refractivity contribution in [1.29, 1.82) is 0 Å². The Bertz CT molecular complexity index is 361. The molecule has 1 aromatic rings. The highest BCUT2D eigenvalue weighted by Gasteiger charge is 2.31. The van der Waals surface area contributed by atoms with E-state index >= 15 is 0 Å². The molecule has 0 saturated carbocycles. The van der Waals surface area contributed by atoms with E-state index in [1.807, 2.05) is 0 Å². The van der Waals surface area contributed by atoms with Gasteiger partial charge < -0.3 is 10.1 Å². The van der Waals surface area contributed by atoms with E-state index < -0.39 is 11.7 Å². The van der Waals surface area contributed by atoms with E-state index in [2.05, 4.69) is 10.3 Å². The van der Waals surface area contributed by atoms with Gasteiger partial charge in [0.25, 0.3) is 0 Å². The third kappa shape index (κ3) is 2.63. The van der Waals surface area contributed by atoms with E-state index in [-0.39, 0.29) is 12.0 Å². The Hall–Kier alpha value is -1.30. The summed E-state index contributed by atoms with van der Waals surface area (Å²) in [4.78, 5) is 3.77. The Morgan fingerprint density at radius 1 is 1.44 bits per heavy atom. The molecule has 3 nitrogen and oxygen atoms in total. The molecule has 2 heterocycles. The third-order valence-electron chi connectivity index (χ3n) is 2.36. The molecule has 1 aromatic heterocycles. The largest absolute Gasteiger partial charge is 0.473 e. The fourth-order valence-corrected chi connectivity index (χ4v) is 1.55. The Balaban J connectivity index is 2.09. The Morgan fingerprint density at radius 2 is 2.25 bits per heavy atom. The van der Waals surface area contributed by atoms with Crippen LogP contribution in [0, 0.1) is 0 Å². The van der Waals surface area contributed by atoms with E-state index in [0.717, 1.165) is 31.3 Å². The lowest BCUT2D eigenvalue weighted by Crippen LogP contribution is -2.20. The van der Waals surface area contributed by atoms with Gasteiger partial charge in [-0.05, 0) is 19.0 Å². The Kier molecular flexibility index (Phi) is 3.00. The zero-order valence-electron chi connectivity index (χ0n) is 8.42. The van der Waals surface area contributed by atoms with Crippen LogP contribution in [0.25, 0.3) is 0 Å². The summed E-state index contributed by atoms with van der Waals surface area (Å²) in [7, 11) is 0. The second kappa shape index (κ2) is 4.29. The lowest BCUT2D eigenvalue weighted by atomic mass is 10.2. The predicted octanol–water partition coefficient (Wildman–Crippen LogP) is 1.84. The first kappa shape index (κ1) is 11.2. The third-order valence-corrected chi connectivity index (χ3v) is 2.36. The lowest BCUT2D eigenvalue weighted by molar-refractivity contribution is -0.137. The molecule has 0 aromatic carbocycles. The molecule has 1 atom stereocenters. The zero-order valence-corrected chi connectivity index (χ0v) is 8.42. The lowest BCUT2D eigenvalue weighted by Gasteiger charge is -2.13. The van der Waals surface area contributed by atoms with Crippen LogP contribution in [-0.4, -0.2) is 24.2 Å². The molecule has 1 aliphatic heterocycles. The number of halogens is 3. The molecule has 0 aliphatic carbocycles. The fourth-order valence-electron chi connectivity index (χ4n) is 1.55. The number of nitrogens with zero attached hydrogens (tertiary/aromatic N) is 1. The topological polar surface area (TPSA) is 34.1 Å². The first-order chi connectivity index (χ1) is 7.55. The van der Waals surface area contributed by atoms with Crippen LogP contribution in [0.2, 0.25) is 0 Å². The number of hydrogen-bond donors (Lipinski definition) is 1. The van der Waals surface area contributed by atoms with Crippen LogP contribution in [0.4, 0.5) is 13.2 Å². The van der Waals surface area contributed by atoms with E-state index in [4.69, 9.17) is 4.74 Å². The van der Waals surface area contributed by atoms with Crippen LogP contribution in [0.15, 0.2) is 18.3 Å². The molecule has 1 saturated heterocycles. The Morgan fingerprint density at radius 3 is 2.88 bits per heavy atom. The molecule has 88 valence electrons. The van der Waals surface area contributed by atoms with Gasteiger partial charge >= 0.3 is 6.18 Å². The summed E-state index contributed by atoms with van der Waals surface area (Å²) < 4.78 is 42.5. The van der Waals surface area contributed by atoms with Gasteiger partial charge in [-0.2, -0.15) is 13.2 Å². The van der Waals surface area contributed by atoms with E-state index in [1.54, 1.807) is 0 Å². The van der Waals surface area contributed by atoms with Crippen molar-refractivity contribution < 1.29 is 17.9 Å². The molecular weight excluding hydrogens is 221 g/mol. The van der Waals surface area contributed by atoms with Crippen molar-refractivity contribution in [2.75, 3.05) is 13.1 Å². The summed E-state index contributed by atoms with van der Waals surface area (Å²) in [5.41, 5.74) is -0.733. The molecule has 0 radical (unpaired) electrons. The van der Waals surface area contributed by atoms with Gasteiger partial charge in [0, 0.05) is 18.8 Å². The van der Waals surface area contributed by atoms with Crippen molar-refractivity contribution >= 4 is 0 Å². The highest BCUT2D eigenvalue weighted by atomic mass is 19.4. The van der Waals surface area contributed by atoms with Gasteiger partial charge in [-0.25, -0.2) is 4.98 Å². The summed E-state index contributed by atoms with van der Waals surface area (Å²) in [6.45, 7) is 1.47. The van der Waals surface area contributed by atoms with Crippen LogP contribution in [0.5, 0.6) is 5.88 Å². The monoisotopic (exact) mass is 232 g/mol. The fraction of sp³-hybridized carbons (Fsp3) is 0.500. The Labute approximate surface area is 90.6 Å². The number of alkyl halides is 3. The van der Waals surface area contributed by atoms with Gasteiger partial charge in [-0.3, -0.25) is 0 Å². The maximum Gasteiger partial charge on any atom is 0.416 e. The van der Waals surface area contributed by atoms with E-state index in [1.165, 1.54) is 0 Å². The number of aromatic nitrogens is 1. The predicted molar refractivity (Wildman–Crippen MR) is 51.1 cm³/mol. The molecule has 16 heavy (non-hydrogen) atoms. The number of ether oxygens (including phenoxy) is 1. The molecule has 0 bridgehead atoms. The van der Waals surface area contributed by atoms with Crippen LogP contribution in [-0.2, 0) is 6.18 Å². The second-order valence-corrected chi connectivity index (χ2v) is 3.61. The quantitative estimate of drug-likeness (QED) is 0.844. The SMILES string of the molecule is FC(F)(F)c1ccnc(OC2CCNC2)c1. The number of pyridine rings is 1. The molecule has 6 heteroatoms. The van der Waals surface area contributed by atoms with E-state index in [0.29, 0.717) is 6.54 Å². The first-order valence-corrected chi connectivity index (χ1v) is 4.96. The average molecular weight is 232 g/mol. The number of nitrogens with one attached hydrogen (secondary N) is 1. The van der Waals surface area contributed by atoms with Gasteiger partial charge in [0.1, 0.15) is 6.10 Å².